The number of aryl methyl sites for hydroxylation is 4. The zero-order chi connectivity index (χ0) is 18.7. The number of hydrogen-bond donors (Lipinski definition) is 1. The van der Waals surface area contributed by atoms with Gasteiger partial charge in [-0.1, -0.05) is 48.7 Å². The van der Waals surface area contributed by atoms with Crippen LogP contribution in [0.4, 0.5) is 5.69 Å². The SMILES string of the molecule is Cc1cc(C)c(NC(=O)CSc2nnc(C)n2C2CCCCC2)c(C)c1. The minimum atomic E-state index is 0.000834. The van der Waals surface area contributed by atoms with Gasteiger partial charge in [-0.05, 0) is 51.7 Å². The molecule has 3 rings (SSSR count). The number of benzene rings is 1. The fourth-order valence-electron chi connectivity index (χ4n) is 3.89. The van der Waals surface area contributed by atoms with Gasteiger partial charge in [0, 0.05) is 11.7 Å². The summed E-state index contributed by atoms with van der Waals surface area (Å²) in [6, 6.07) is 4.67. The topological polar surface area (TPSA) is 59.8 Å². The Kier molecular flexibility index (Phi) is 6.01. The van der Waals surface area contributed by atoms with Crippen LogP contribution in [0.1, 0.15) is 60.7 Å². The van der Waals surface area contributed by atoms with Crippen LogP contribution in [0.5, 0.6) is 0 Å². The summed E-state index contributed by atoms with van der Waals surface area (Å²) in [6.45, 7) is 8.14. The van der Waals surface area contributed by atoms with E-state index in [1.807, 2.05) is 20.8 Å². The Balaban J connectivity index is 1.65. The first-order valence-corrected chi connectivity index (χ1v) is 10.4. The van der Waals surface area contributed by atoms with Crippen molar-refractivity contribution in [1.29, 1.82) is 0 Å². The highest BCUT2D eigenvalue weighted by molar-refractivity contribution is 7.99. The number of carbonyl (C=O) groups excluding carboxylic acids is 1. The molecule has 0 saturated heterocycles. The van der Waals surface area contributed by atoms with E-state index in [4.69, 9.17) is 0 Å². The Labute approximate surface area is 160 Å². The first kappa shape index (κ1) is 19.0. The van der Waals surface area contributed by atoms with Crippen LogP contribution >= 0.6 is 11.8 Å². The number of thioether (sulfide) groups is 1. The molecule has 0 unspecified atom stereocenters. The van der Waals surface area contributed by atoms with Gasteiger partial charge in [0.25, 0.3) is 0 Å². The lowest BCUT2D eigenvalue weighted by Gasteiger charge is -2.24. The summed E-state index contributed by atoms with van der Waals surface area (Å²) in [4.78, 5) is 12.5. The Morgan fingerprint density at radius 3 is 2.42 bits per heavy atom. The Hall–Kier alpha value is -1.82. The van der Waals surface area contributed by atoms with Crippen molar-refractivity contribution in [2.45, 2.75) is 71.0 Å². The van der Waals surface area contributed by atoms with Gasteiger partial charge in [-0.2, -0.15) is 0 Å². The number of anilines is 1. The lowest BCUT2D eigenvalue weighted by molar-refractivity contribution is -0.113. The second-order valence-electron chi connectivity index (χ2n) is 7.30. The number of amides is 1. The van der Waals surface area contributed by atoms with E-state index >= 15 is 0 Å². The van der Waals surface area contributed by atoms with Crippen molar-refractivity contribution in [3.05, 3.63) is 34.6 Å². The molecule has 1 aliphatic rings. The number of aromatic nitrogens is 3. The minimum absolute atomic E-state index is 0.000834. The van der Waals surface area contributed by atoms with E-state index in [1.165, 1.54) is 49.4 Å². The van der Waals surface area contributed by atoms with Crippen LogP contribution in [-0.2, 0) is 4.79 Å². The molecule has 1 fully saturated rings. The van der Waals surface area contributed by atoms with Crippen molar-refractivity contribution >= 4 is 23.4 Å². The average molecular weight is 373 g/mol. The van der Waals surface area contributed by atoms with Gasteiger partial charge in [-0.15, -0.1) is 10.2 Å². The Morgan fingerprint density at radius 1 is 1.12 bits per heavy atom. The molecule has 1 saturated carbocycles. The lowest BCUT2D eigenvalue weighted by Crippen LogP contribution is -2.18. The third-order valence-corrected chi connectivity index (χ3v) is 5.99. The van der Waals surface area contributed by atoms with Gasteiger partial charge in [-0.3, -0.25) is 4.79 Å². The van der Waals surface area contributed by atoms with Gasteiger partial charge in [0.1, 0.15) is 5.82 Å². The fraction of sp³-hybridized carbons (Fsp3) is 0.550. The van der Waals surface area contributed by atoms with Crippen molar-refractivity contribution in [2.75, 3.05) is 11.1 Å². The Morgan fingerprint density at radius 2 is 1.77 bits per heavy atom. The molecule has 1 heterocycles. The first-order valence-electron chi connectivity index (χ1n) is 9.37. The first-order chi connectivity index (χ1) is 12.5. The van der Waals surface area contributed by atoms with Crippen molar-refractivity contribution in [2.24, 2.45) is 0 Å². The molecule has 2 aromatic rings. The van der Waals surface area contributed by atoms with Gasteiger partial charge < -0.3 is 9.88 Å². The Bertz CT molecular complexity index is 770. The summed E-state index contributed by atoms with van der Waals surface area (Å²) in [5.41, 5.74) is 4.33. The monoisotopic (exact) mass is 372 g/mol. The van der Waals surface area contributed by atoms with E-state index in [9.17, 15) is 4.79 Å². The van der Waals surface area contributed by atoms with E-state index in [-0.39, 0.29) is 5.91 Å². The normalized spacial score (nSPS) is 15.2. The highest BCUT2D eigenvalue weighted by atomic mass is 32.2. The maximum absolute atomic E-state index is 12.5. The van der Waals surface area contributed by atoms with Crippen molar-refractivity contribution < 1.29 is 4.79 Å². The van der Waals surface area contributed by atoms with E-state index in [2.05, 4.69) is 39.1 Å². The molecule has 1 aromatic carbocycles. The van der Waals surface area contributed by atoms with Crippen LogP contribution in [0, 0.1) is 27.7 Å². The maximum Gasteiger partial charge on any atom is 0.234 e. The predicted octanol–water partition coefficient (Wildman–Crippen LogP) is 4.75. The molecule has 0 spiro atoms. The van der Waals surface area contributed by atoms with Crippen LogP contribution < -0.4 is 5.32 Å². The second kappa shape index (κ2) is 8.25. The highest BCUT2D eigenvalue weighted by Crippen LogP contribution is 2.32. The van der Waals surface area contributed by atoms with Crippen LogP contribution in [-0.4, -0.2) is 26.4 Å². The van der Waals surface area contributed by atoms with E-state index in [1.54, 1.807) is 0 Å². The summed E-state index contributed by atoms with van der Waals surface area (Å²) in [7, 11) is 0. The van der Waals surface area contributed by atoms with Gasteiger partial charge >= 0.3 is 0 Å². The van der Waals surface area contributed by atoms with Crippen LogP contribution in [0.15, 0.2) is 17.3 Å². The van der Waals surface area contributed by atoms with E-state index in [0.717, 1.165) is 27.8 Å². The minimum Gasteiger partial charge on any atom is -0.325 e. The molecule has 5 nitrogen and oxygen atoms in total. The molecule has 0 bridgehead atoms. The maximum atomic E-state index is 12.5. The molecule has 0 aliphatic heterocycles. The van der Waals surface area contributed by atoms with Gasteiger partial charge in [-0.25, -0.2) is 0 Å². The van der Waals surface area contributed by atoms with Crippen molar-refractivity contribution in [3.8, 4) is 0 Å². The lowest BCUT2D eigenvalue weighted by atomic mass is 9.95. The molecule has 1 aromatic heterocycles. The second-order valence-corrected chi connectivity index (χ2v) is 8.24. The van der Waals surface area contributed by atoms with Gasteiger partial charge in [0.15, 0.2) is 5.16 Å². The number of carbonyl (C=O) groups is 1. The van der Waals surface area contributed by atoms with E-state index in [0.29, 0.717) is 11.8 Å². The van der Waals surface area contributed by atoms with E-state index < -0.39 is 0 Å². The molecule has 140 valence electrons. The smallest absolute Gasteiger partial charge is 0.234 e. The third kappa shape index (κ3) is 4.29. The standard InChI is InChI=1S/C20H28N4OS/c1-13-10-14(2)19(15(3)11-13)21-18(25)12-26-20-23-22-16(4)24(20)17-8-6-5-7-9-17/h10-11,17H,5-9,12H2,1-4H3,(H,21,25). The van der Waals surface area contributed by atoms with Gasteiger partial charge in [0.05, 0.1) is 5.75 Å². The zero-order valence-electron chi connectivity index (χ0n) is 16.1. The zero-order valence-corrected chi connectivity index (χ0v) is 16.9. The molecule has 1 N–H and O–H groups in total. The number of nitrogens with zero attached hydrogens (tertiary/aromatic N) is 3. The summed E-state index contributed by atoms with van der Waals surface area (Å²) < 4.78 is 2.24. The highest BCUT2D eigenvalue weighted by Gasteiger charge is 2.22. The number of nitrogens with one attached hydrogen (secondary N) is 1. The molecule has 26 heavy (non-hydrogen) atoms. The van der Waals surface area contributed by atoms with Crippen LogP contribution in [0.2, 0.25) is 0 Å². The molecular formula is C20H28N4OS. The van der Waals surface area contributed by atoms with Crippen molar-refractivity contribution in [1.82, 2.24) is 14.8 Å². The molecular weight excluding hydrogens is 344 g/mol. The summed E-state index contributed by atoms with van der Waals surface area (Å²) in [6.07, 6.45) is 6.20. The van der Waals surface area contributed by atoms with Gasteiger partial charge in [0.2, 0.25) is 5.91 Å². The summed E-state index contributed by atoms with van der Waals surface area (Å²) in [5, 5.41) is 12.5. The third-order valence-electron chi connectivity index (χ3n) is 5.05. The molecule has 0 atom stereocenters. The summed E-state index contributed by atoms with van der Waals surface area (Å²) >= 11 is 1.48. The fourth-order valence-corrected chi connectivity index (χ4v) is 4.74. The summed E-state index contributed by atoms with van der Waals surface area (Å²) in [5.74, 6) is 1.29. The predicted molar refractivity (Wildman–Crippen MR) is 107 cm³/mol. The largest absolute Gasteiger partial charge is 0.325 e. The van der Waals surface area contributed by atoms with Crippen molar-refractivity contribution in [3.63, 3.8) is 0 Å². The quantitative estimate of drug-likeness (QED) is 0.770. The molecule has 0 radical (unpaired) electrons. The molecule has 6 heteroatoms. The average Bonchev–Trinajstić information content (AvgIpc) is 2.97. The van der Waals surface area contributed by atoms with Crippen LogP contribution in [0.25, 0.3) is 0 Å². The van der Waals surface area contributed by atoms with Crippen LogP contribution in [0.3, 0.4) is 0 Å². The molecule has 1 amide bonds. The number of hydrogen-bond acceptors (Lipinski definition) is 4. The molecule has 1 aliphatic carbocycles. The number of rotatable bonds is 5.